The number of aromatic nitrogens is 2. The summed E-state index contributed by atoms with van der Waals surface area (Å²) in [5, 5.41) is 10.4. The summed E-state index contributed by atoms with van der Waals surface area (Å²) in [6.07, 6.45) is 0.498. The molecule has 1 unspecified atom stereocenters. The lowest BCUT2D eigenvalue weighted by atomic mass is 10.3. The van der Waals surface area contributed by atoms with Crippen molar-refractivity contribution in [2.75, 3.05) is 50.8 Å². The van der Waals surface area contributed by atoms with Crippen LogP contribution < -0.4 is 14.4 Å². The number of aromatic amines is 1. The van der Waals surface area contributed by atoms with Gasteiger partial charge in [-0.2, -0.15) is 0 Å². The van der Waals surface area contributed by atoms with E-state index >= 15 is 0 Å². The van der Waals surface area contributed by atoms with Gasteiger partial charge in [0.05, 0.1) is 17.6 Å². The van der Waals surface area contributed by atoms with E-state index in [-0.39, 0.29) is 6.61 Å². The molecule has 3 aromatic rings. The molecular formula is C23H30N4O3. The van der Waals surface area contributed by atoms with E-state index in [1.54, 1.807) is 0 Å². The second kappa shape index (κ2) is 9.82. The molecule has 30 heavy (non-hydrogen) atoms. The number of H-pyrrole nitrogens is 1. The molecule has 7 nitrogen and oxygen atoms in total. The van der Waals surface area contributed by atoms with Crippen molar-refractivity contribution >= 4 is 17.0 Å². The van der Waals surface area contributed by atoms with Gasteiger partial charge in [0.15, 0.2) is 0 Å². The average molecular weight is 411 g/mol. The molecule has 1 fully saturated rings. The molecule has 7 heteroatoms. The van der Waals surface area contributed by atoms with Gasteiger partial charge in [-0.25, -0.2) is 4.98 Å². The first-order valence-electron chi connectivity index (χ1n) is 10.7. The molecular weight excluding hydrogens is 380 g/mol. The fourth-order valence-corrected chi connectivity index (χ4v) is 3.80. The Hall–Kier alpha value is -2.77. The van der Waals surface area contributed by atoms with Crippen LogP contribution in [-0.2, 0) is 0 Å². The highest BCUT2D eigenvalue weighted by Gasteiger charge is 2.19. The third-order valence-corrected chi connectivity index (χ3v) is 5.31. The second-order valence-corrected chi connectivity index (χ2v) is 7.59. The number of para-hydroxylation sites is 2. The van der Waals surface area contributed by atoms with Crippen molar-refractivity contribution < 1.29 is 14.6 Å². The zero-order valence-electron chi connectivity index (χ0n) is 17.5. The fraction of sp³-hybridized carbons (Fsp3) is 0.435. The predicted molar refractivity (Wildman–Crippen MR) is 118 cm³/mol. The molecule has 0 bridgehead atoms. The first-order valence-corrected chi connectivity index (χ1v) is 10.7. The van der Waals surface area contributed by atoms with Gasteiger partial charge >= 0.3 is 0 Å². The van der Waals surface area contributed by atoms with Crippen LogP contribution >= 0.6 is 0 Å². The zero-order chi connectivity index (χ0) is 20.8. The number of anilines is 1. The molecule has 1 aliphatic heterocycles. The van der Waals surface area contributed by atoms with Crippen molar-refractivity contribution in [2.45, 2.75) is 19.4 Å². The Labute approximate surface area is 177 Å². The number of nitrogens with one attached hydrogen (secondary N) is 1. The highest BCUT2D eigenvalue weighted by Crippen LogP contribution is 2.19. The summed E-state index contributed by atoms with van der Waals surface area (Å²) < 4.78 is 11.2. The standard InChI is InChI=1S/C23H30N4O3/c1-2-29-19-8-10-20(11-9-19)30-17-18(28)16-26-12-5-13-27(15-14-26)23-24-21-6-3-4-7-22(21)25-23/h3-4,6-11,18,28H,2,5,12-17H2,1H3,(H,24,25). The van der Waals surface area contributed by atoms with Gasteiger partial charge in [0.25, 0.3) is 0 Å². The maximum atomic E-state index is 10.4. The van der Waals surface area contributed by atoms with Gasteiger partial charge in [0.2, 0.25) is 5.95 Å². The summed E-state index contributed by atoms with van der Waals surface area (Å²) in [5.41, 5.74) is 2.06. The number of aliphatic hydroxyl groups is 1. The Morgan fingerprint density at radius 1 is 1.00 bits per heavy atom. The SMILES string of the molecule is CCOc1ccc(OCC(O)CN2CCCN(c3nc4ccccc4[nH]3)CC2)cc1. The topological polar surface area (TPSA) is 73.8 Å². The smallest absolute Gasteiger partial charge is 0.203 e. The lowest BCUT2D eigenvalue weighted by molar-refractivity contribution is 0.0704. The molecule has 2 N–H and O–H groups in total. The molecule has 0 aliphatic carbocycles. The van der Waals surface area contributed by atoms with Gasteiger partial charge in [-0.05, 0) is 56.3 Å². The lowest BCUT2D eigenvalue weighted by Gasteiger charge is -2.24. The molecule has 1 saturated heterocycles. The molecule has 2 heterocycles. The first kappa shape index (κ1) is 20.5. The Kier molecular flexibility index (Phi) is 6.71. The van der Waals surface area contributed by atoms with Crippen LogP contribution in [0.5, 0.6) is 11.5 Å². The predicted octanol–water partition coefficient (Wildman–Crippen LogP) is 2.91. The summed E-state index contributed by atoms with van der Waals surface area (Å²) in [6.45, 7) is 7.15. The van der Waals surface area contributed by atoms with E-state index in [2.05, 4.69) is 20.9 Å². The minimum absolute atomic E-state index is 0.276. The Bertz CT molecular complexity index is 895. The van der Waals surface area contributed by atoms with Gasteiger partial charge in [-0.15, -0.1) is 0 Å². The number of aliphatic hydroxyl groups excluding tert-OH is 1. The number of hydrogen-bond donors (Lipinski definition) is 2. The molecule has 1 aromatic heterocycles. The largest absolute Gasteiger partial charge is 0.494 e. The van der Waals surface area contributed by atoms with Crippen LogP contribution in [0.2, 0.25) is 0 Å². The molecule has 0 radical (unpaired) electrons. The highest BCUT2D eigenvalue weighted by molar-refractivity contribution is 5.77. The van der Waals surface area contributed by atoms with E-state index in [1.165, 1.54) is 0 Å². The van der Waals surface area contributed by atoms with Crippen LogP contribution in [-0.4, -0.2) is 72.0 Å². The lowest BCUT2D eigenvalue weighted by Crippen LogP contribution is -2.38. The number of ether oxygens (including phenoxy) is 2. The Balaban J connectivity index is 1.25. The maximum absolute atomic E-state index is 10.4. The third kappa shape index (κ3) is 5.23. The summed E-state index contributed by atoms with van der Waals surface area (Å²) in [5.74, 6) is 2.49. The number of benzene rings is 2. The molecule has 0 spiro atoms. The summed E-state index contributed by atoms with van der Waals surface area (Å²) in [7, 11) is 0. The molecule has 1 atom stereocenters. The molecule has 1 aliphatic rings. The van der Waals surface area contributed by atoms with Gasteiger partial charge in [0, 0.05) is 26.2 Å². The van der Waals surface area contributed by atoms with Crippen molar-refractivity contribution in [3.05, 3.63) is 48.5 Å². The second-order valence-electron chi connectivity index (χ2n) is 7.59. The van der Waals surface area contributed by atoms with Crippen molar-refractivity contribution in [1.82, 2.24) is 14.9 Å². The fourth-order valence-electron chi connectivity index (χ4n) is 3.80. The average Bonchev–Trinajstić information content (AvgIpc) is 3.06. The van der Waals surface area contributed by atoms with Crippen molar-refractivity contribution in [2.24, 2.45) is 0 Å². The summed E-state index contributed by atoms with van der Waals surface area (Å²) in [4.78, 5) is 12.7. The van der Waals surface area contributed by atoms with E-state index < -0.39 is 6.10 Å². The number of β-amino-alcohol motifs (C(OH)–C–C–N with tert-alkyl or cyclic N) is 1. The van der Waals surface area contributed by atoms with Crippen molar-refractivity contribution in [3.63, 3.8) is 0 Å². The number of hydrogen-bond acceptors (Lipinski definition) is 6. The van der Waals surface area contributed by atoms with Crippen LogP contribution in [0.1, 0.15) is 13.3 Å². The van der Waals surface area contributed by atoms with Crippen molar-refractivity contribution in [1.29, 1.82) is 0 Å². The molecule has 2 aromatic carbocycles. The number of rotatable bonds is 8. The summed E-state index contributed by atoms with van der Waals surface area (Å²) >= 11 is 0. The van der Waals surface area contributed by atoms with Gasteiger partial charge in [0.1, 0.15) is 24.2 Å². The van der Waals surface area contributed by atoms with Gasteiger partial charge in [-0.3, -0.25) is 4.90 Å². The normalized spacial score (nSPS) is 16.4. The maximum Gasteiger partial charge on any atom is 0.203 e. The Morgan fingerprint density at radius 3 is 2.53 bits per heavy atom. The van der Waals surface area contributed by atoms with Crippen LogP contribution in [0.4, 0.5) is 5.95 Å². The minimum atomic E-state index is -0.533. The third-order valence-electron chi connectivity index (χ3n) is 5.31. The van der Waals surface area contributed by atoms with E-state index in [1.807, 2.05) is 49.4 Å². The number of nitrogens with zero attached hydrogens (tertiary/aromatic N) is 3. The Morgan fingerprint density at radius 2 is 1.77 bits per heavy atom. The van der Waals surface area contributed by atoms with Gasteiger partial charge < -0.3 is 24.5 Å². The number of fused-ring (bicyclic) bond motifs is 1. The van der Waals surface area contributed by atoms with E-state index in [0.29, 0.717) is 13.2 Å². The quantitative estimate of drug-likeness (QED) is 0.595. The van der Waals surface area contributed by atoms with E-state index in [0.717, 1.165) is 61.1 Å². The van der Waals surface area contributed by atoms with Crippen molar-refractivity contribution in [3.8, 4) is 11.5 Å². The van der Waals surface area contributed by atoms with Gasteiger partial charge in [-0.1, -0.05) is 12.1 Å². The van der Waals surface area contributed by atoms with Crippen LogP contribution in [0.3, 0.4) is 0 Å². The molecule has 160 valence electrons. The van der Waals surface area contributed by atoms with Crippen LogP contribution in [0, 0.1) is 0 Å². The monoisotopic (exact) mass is 410 g/mol. The number of imidazole rings is 1. The van der Waals surface area contributed by atoms with E-state index in [4.69, 9.17) is 14.5 Å². The molecule has 4 rings (SSSR count). The van der Waals surface area contributed by atoms with Crippen LogP contribution in [0.25, 0.3) is 11.0 Å². The molecule has 0 saturated carbocycles. The minimum Gasteiger partial charge on any atom is -0.494 e. The molecule has 0 amide bonds. The van der Waals surface area contributed by atoms with E-state index in [9.17, 15) is 5.11 Å². The first-order chi connectivity index (χ1) is 14.7. The van der Waals surface area contributed by atoms with Crippen LogP contribution in [0.15, 0.2) is 48.5 Å². The zero-order valence-corrected chi connectivity index (χ0v) is 17.5. The summed E-state index contributed by atoms with van der Waals surface area (Å²) in [6, 6.07) is 15.6. The highest BCUT2D eigenvalue weighted by atomic mass is 16.5.